The van der Waals surface area contributed by atoms with Gasteiger partial charge in [0.1, 0.15) is 22.5 Å². The van der Waals surface area contributed by atoms with Crippen LogP contribution in [0, 0.1) is 0 Å². The molecule has 132 valence electrons. The Balaban J connectivity index is 1.87. The van der Waals surface area contributed by atoms with Gasteiger partial charge in [0.15, 0.2) is 0 Å². The molecule has 0 saturated heterocycles. The molecule has 0 atom stereocenters. The maximum Gasteiger partial charge on any atom is 0.139 e. The fourth-order valence-corrected chi connectivity index (χ4v) is 4.96. The van der Waals surface area contributed by atoms with Crippen molar-refractivity contribution < 1.29 is 8.83 Å². The van der Waals surface area contributed by atoms with Crippen molar-refractivity contribution in [1.82, 2.24) is 0 Å². The van der Waals surface area contributed by atoms with Crippen molar-refractivity contribution in [3.63, 3.8) is 0 Å². The first kappa shape index (κ1) is 14.5. The van der Waals surface area contributed by atoms with Gasteiger partial charge in [0.2, 0.25) is 0 Å². The summed E-state index contributed by atoms with van der Waals surface area (Å²) >= 11 is 0. The minimum atomic E-state index is 0.884. The molecule has 0 amide bonds. The Labute approximate surface area is 160 Å². The highest BCUT2D eigenvalue weighted by Gasteiger charge is 2.18. The Hall–Kier alpha value is -3.52. The number of benzene rings is 4. The third-order valence-electron chi connectivity index (χ3n) is 6.10. The van der Waals surface area contributed by atoms with Gasteiger partial charge < -0.3 is 8.83 Å². The molecule has 2 heterocycles. The lowest BCUT2D eigenvalue weighted by Crippen LogP contribution is -2.07. The van der Waals surface area contributed by atoms with E-state index in [9.17, 15) is 0 Å². The zero-order chi connectivity index (χ0) is 18.2. The van der Waals surface area contributed by atoms with E-state index in [4.69, 9.17) is 8.83 Å². The van der Waals surface area contributed by atoms with E-state index in [0.717, 1.165) is 40.7 Å². The standard InChI is InChI=1S/C26H16O2/c1-2-12-20-18(8-1)26-19-11-5-10-17-16-9-3-6-15-7-4-13-21(24(15)16)28-22(25(17)19)14-23(26)27-20/h1-3,5-12,14H,4,13H2. The fraction of sp³-hybridized carbons (Fsp3) is 0.0769. The lowest BCUT2D eigenvalue weighted by molar-refractivity contribution is 0.547. The highest BCUT2D eigenvalue weighted by molar-refractivity contribution is 6.28. The summed E-state index contributed by atoms with van der Waals surface area (Å²) in [5, 5.41) is 9.72. The summed E-state index contributed by atoms with van der Waals surface area (Å²) in [5.74, 6) is 1.07. The van der Waals surface area contributed by atoms with E-state index in [0.29, 0.717) is 0 Å². The van der Waals surface area contributed by atoms with Crippen LogP contribution < -0.4 is 5.22 Å². The minimum Gasteiger partial charge on any atom is -0.460 e. The molecule has 0 bridgehead atoms. The van der Waals surface area contributed by atoms with Crippen molar-refractivity contribution in [2.75, 3.05) is 0 Å². The summed E-state index contributed by atoms with van der Waals surface area (Å²) in [7, 11) is 0. The molecule has 28 heavy (non-hydrogen) atoms. The van der Waals surface area contributed by atoms with Crippen LogP contribution >= 0.6 is 0 Å². The molecule has 2 aromatic heterocycles. The smallest absolute Gasteiger partial charge is 0.139 e. The van der Waals surface area contributed by atoms with Crippen LogP contribution in [0.5, 0.6) is 0 Å². The Morgan fingerprint density at radius 2 is 1.29 bits per heavy atom. The predicted molar refractivity (Wildman–Crippen MR) is 115 cm³/mol. The number of para-hydroxylation sites is 1. The molecule has 2 heteroatoms. The maximum atomic E-state index is 6.58. The lowest BCUT2D eigenvalue weighted by Gasteiger charge is -2.06. The first-order valence-electron chi connectivity index (χ1n) is 9.76. The first-order valence-corrected chi connectivity index (χ1v) is 9.76. The van der Waals surface area contributed by atoms with Gasteiger partial charge >= 0.3 is 0 Å². The van der Waals surface area contributed by atoms with Crippen molar-refractivity contribution in [2.45, 2.75) is 12.8 Å². The molecule has 0 unspecified atom stereocenters. The molecule has 1 aliphatic rings. The second-order valence-corrected chi connectivity index (χ2v) is 7.61. The molecule has 0 N–H and O–H groups in total. The summed E-state index contributed by atoms with van der Waals surface area (Å²) in [4.78, 5) is 0. The summed E-state index contributed by atoms with van der Waals surface area (Å²) in [6.45, 7) is 0. The largest absolute Gasteiger partial charge is 0.460 e. The molecule has 7 rings (SSSR count). The number of hydrogen-bond donors (Lipinski definition) is 0. The third-order valence-corrected chi connectivity index (χ3v) is 6.10. The Morgan fingerprint density at radius 3 is 2.25 bits per heavy atom. The zero-order valence-corrected chi connectivity index (χ0v) is 15.2. The average molecular weight is 360 g/mol. The monoisotopic (exact) mass is 360 g/mol. The number of rotatable bonds is 0. The van der Waals surface area contributed by atoms with E-state index < -0.39 is 0 Å². The van der Waals surface area contributed by atoms with Crippen LogP contribution in [0.25, 0.3) is 60.5 Å². The number of furan rings is 1. The van der Waals surface area contributed by atoms with Crippen LogP contribution in [0.1, 0.15) is 12.2 Å². The molecule has 6 aromatic rings. The molecule has 4 aromatic carbocycles. The SMILES string of the molecule is C1=c2cccc3c2c(oc2cc4oc5ccccc5c4c4cccc3c24)CC1. The van der Waals surface area contributed by atoms with Gasteiger partial charge in [-0.15, -0.1) is 0 Å². The topological polar surface area (TPSA) is 26.3 Å². The number of fused-ring (bicyclic) bond motifs is 5. The van der Waals surface area contributed by atoms with Crippen LogP contribution in [-0.2, 0) is 6.42 Å². The van der Waals surface area contributed by atoms with Crippen molar-refractivity contribution in [1.29, 1.82) is 0 Å². The third kappa shape index (κ3) is 1.73. The van der Waals surface area contributed by atoms with Gasteiger partial charge in [-0.3, -0.25) is 0 Å². The lowest BCUT2D eigenvalue weighted by atomic mass is 9.96. The normalized spacial score (nSPS) is 13.7. The average Bonchev–Trinajstić information content (AvgIpc) is 3.05. The van der Waals surface area contributed by atoms with E-state index in [2.05, 4.69) is 60.7 Å². The van der Waals surface area contributed by atoms with Gasteiger partial charge in [0.25, 0.3) is 0 Å². The van der Waals surface area contributed by atoms with Crippen LogP contribution in [0.3, 0.4) is 0 Å². The van der Waals surface area contributed by atoms with Gasteiger partial charge in [-0.25, -0.2) is 0 Å². The molecule has 0 spiro atoms. The van der Waals surface area contributed by atoms with E-state index in [1.165, 1.54) is 37.5 Å². The van der Waals surface area contributed by atoms with Gasteiger partial charge in [-0.2, -0.15) is 0 Å². The van der Waals surface area contributed by atoms with Crippen LogP contribution in [0.2, 0.25) is 0 Å². The van der Waals surface area contributed by atoms with Crippen molar-refractivity contribution in [2.24, 2.45) is 0 Å². The Bertz CT molecular complexity index is 1660. The summed E-state index contributed by atoms with van der Waals surface area (Å²) in [5.41, 5.74) is 2.70. The molecule has 0 radical (unpaired) electrons. The molecule has 0 saturated carbocycles. The molecular weight excluding hydrogens is 344 g/mol. The quantitative estimate of drug-likeness (QED) is 0.303. The summed E-state index contributed by atoms with van der Waals surface area (Å²) < 4.78 is 12.8. The Morgan fingerprint density at radius 1 is 0.571 bits per heavy atom. The van der Waals surface area contributed by atoms with E-state index >= 15 is 0 Å². The second kappa shape index (κ2) is 5.05. The highest BCUT2D eigenvalue weighted by Crippen LogP contribution is 2.41. The number of aryl methyl sites for hydroxylation is 1. The van der Waals surface area contributed by atoms with Gasteiger partial charge in [-0.1, -0.05) is 60.7 Å². The predicted octanol–water partition coefficient (Wildman–Crippen LogP) is 6.65. The Kier molecular flexibility index (Phi) is 2.62. The van der Waals surface area contributed by atoms with Crippen molar-refractivity contribution in [3.8, 4) is 0 Å². The van der Waals surface area contributed by atoms with Crippen molar-refractivity contribution >= 4 is 60.5 Å². The van der Waals surface area contributed by atoms with Crippen molar-refractivity contribution in [3.05, 3.63) is 77.7 Å². The highest BCUT2D eigenvalue weighted by atomic mass is 16.3. The van der Waals surface area contributed by atoms with Crippen LogP contribution in [-0.4, -0.2) is 0 Å². The van der Waals surface area contributed by atoms with Gasteiger partial charge in [0.05, 0.1) is 0 Å². The second-order valence-electron chi connectivity index (χ2n) is 7.61. The fourth-order valence-electron chi connectivity index (χ4n) is 4.96. The van der Waals surface area contributed by atoms with E-state index in [1.54, 1.807) is 0 Å². The summed E-state index contributed by atoms with van der Waals surface area (Å²) in [6, 6.07) is 23.5. The molecule has 0 fully saturated rings. The molecule has 2 nitrogen and oxygen atoms in total. The minimum absolute atomic E-state index is 0.884. The van der Waals surface area contributed by atoms with E-state index in [-0.39, 0.29) is 0 Å². The maximum absolute atomic E-state index is 6.58. The van der Waals surface area contributed by atoms with Gasteiger partial charge in [-0.05, 0) is 33.9 Å². The summed E-state index contributed by atoms with van der Waals surface area (Å²) in [6.07, 6.45) is 4.26. The zero-order valence-electron chi connectivity index (χ0n) is 15.2. The first-order chi connectivity index (χ1) is 13.9. The van der Waals surface area contributed by atoms with Gasteiger partial charge in [0, 0.05) is 34.0 Å². The van der Waals surface area contributed by atoms with E-state index in [1.807, 2.05) is 12.1 Å². The molecular formula is C26H16O2. The molecule has 0 aliphatic heterocycles. The number of hydrogen-bond acceptors (Lipinski definition) is 2. The molecule has 1 aliphatic carbocycles. The van der Waals surface area contributed by atoms with Crippen LogP contribution in [0.15, 0.2) is 75.6 Å². The van der Waals surface area contributed by atoms with Crippen LogP contribution in [0.4, 0.5) is 0 Å².